The van der Waals surface area contributed by atoms with Gasteiger partial charge in [0.15, 0.2) is 17.0 Å². The maximum atomic E-state index is 13.6. The Morgan fingerprint density at radius 1 is 1.27 bits per heavy atom. The Morgan fingerprint density at radius 3 is 2.67 bits per heavy atom. The van der Waals surface area contributed by atoms with Crippen molar-refractivity contribution in [2.75, 3.05) is 18.4 Å². The van der Waals surface area contributed by atoms with Crippen LogP contribution in [0.3, 0.4) is 0 Å². The molecule has 1 N–H and O–H groups in total. The van der Waals surface area contributed by atoms with Gasteiger partial charge in [0.05, 0.1) is 12.1 Å². The standard InChI is InChI=1S/C20H25FN8O/c1-4-15(20(30)28-7-6-14(21)10-28)26-17-16-19(25-11-24-17)29(5-2)18(27-16)13-8-22-12(3)23-9-13/h8-9,11,14-15H,4-7,10H2,1-3H3,(H,24,25,26). The fourth-order valence-corrected chi connectivity index (χ4v) is 3.71. The molecular weight excluding hydrogens is 387 g/mol. The van der Waals surface area contributed by atoms with Gasteiger partial charge in [0.2, 0.25) is 5.91 Å². The third-order valence-corrected chi connectivity index (χ3v) is 5.35. The molecule has 4 heterocycles. The first-order valence-corrected chi connectivity index (χ1v) is 10.2. The predicted molar refractivity (Wildman–Crippen MR) is 111 cm³/mol. The summed E-state index contributed by atoms with van der Waals surface area (Å²) in [5, 5.41) is 3.22. The predicted octanol–water partition coefficient (Wildman–Crippen LogP) is 2.37. The van der Waals surface area contributed by atoms with Crippen LogP contribution in [0.25, 0.3) is 22.6 Å². The van der Waals surface area contributed by atoms with Crippen LogP contribution in [0.4, 0.5) is 10.2 Å². The van der Waals surface area contributed by atoms with Crippen LogP contribution in [0.2, 0.25) is 0 Å². The molecule has 4 rings (SSSR count). The van der Waals surface area contributed by atoms with E-state index in [4.69, 9.17) is 4.98 Å². The molecule has 10 heteroatoms. The molecule has 0 radical (unpaired) electrons. The van der Waals surface area contributed by atoms with Crippen molar-refractivity contribution >= 4 is 22.9 Å². The Morgan fingerprint density at radius 2 is 2.03 bits per heavy atom. The molecule has 3 aromatic heterocycles. The van der Waals surface area contributed by atoms with E-state index in [0.29, 0.717) is 54.6 Å². The number of halogens is 1. The van der Waals surface area contributed by atoms with Crippen LogP contribution in [0.15, 0.2) is 18.7 Å². The fourth-order valence-electron chi connectivity index (χ4n) is 3.71. The molecule has 1 fully saturated rings. The number of anilines is 1. The molecule has 30 heavy (non-hydrogen) atoms. The van der Waals surface area contributed by atoms with Gasteiger partial charge in [0.25, 0.3) is 0 Å². The summed E-state index contributed by atoms with van der Waals surface area (Å²) in [5.41, 5.74) is 2.02. The van der Waals surface area contributed by atoms with Gasteiger partial charge in [-0.05, 0) is 26.7 Å². The van der Waals surface area contributed by atoms with E-state index in [1.807, 2.05) is 25.3 Å². The second kappa shape index (κ2) is 8.29. The van der Waals surface area contributed by atoms with E-state index in [9.17, 15) is 9.18 Å². The highest BCUT2D eigenvalue weighted by Crippen LogP contribution is 2.27. The summed E-state index contributed by atoms with van der Waals surface area (Å²) in [5.74, 6) is 1.74. The summed E-state index contributed by atoms with van der Waals surface area (Å²) in [6.07, 6.45) is 4.91. The zero-order chi connectivity index (χ0) is 21.3. The number of alkyl halides is 1. The first kappa shape index (κ1) is 20.1. The van der Waals surface area contributed by atoms with Gasteiger partial charge in [-0.15, -0.1) is 0 Å². The zero-order valence-corrected chi connectivity index (χ0v) is 17.3. The second-order valence-electron chi connectivity index (χ2n) is 7.37. The molecule has 9 nitrogen and oxygen atoms in total. The number of aryl methyl sites for hydroxylation is 2. The maximum Gasteiger partial charge on any atom is 0.245 e. The van der Waals surface area contributed by atoms with Crippen LogP contribution in [-0.4, -0.2) is 65.6 Å². The number of nitrogens with one attached hydrogen (secondary N) is 1. The lowest BCUT2D eigenvalue weighted by atomic mass is 10.2. The number of hydrogen-bond donors (Lipinski definition) is 1. The molecule has 1 aliphatic heterocycles. The molecule has 1 amide bonds. The Bertz CT molecular complexity index is 1050. The average Bonchev–Trinajstić information content (AvgIpc) is 3.35. The van der Waals surface area contributed by atoms with Crippen molar-refractivity contribution < 1.29 is 9.18 Å². The molecule has 0 aromatic carbocycles. The molecule has 158 valence electrons. The van der Waals surface area contributed by atoms with Crippen LogP contribution >= 0.6 is 0 Å². The minimum atomic E-state index is -0.947. The largest absolute Gasteiger partial charge is 0.356 e. The molecule has 0 saturated carbocycles. The average molecular weight is 412 g/mol. The molecule has 3 aromatic rings. The number of nitrogens with zero attached hydrogens (tertiary/aromatic N) is 7. The molecule has 2 atom stereocenters. The van der Waals surface area contributed by atoms with Crippen molar-refractivity contribution in [3.05, 3.63) is 24.5 Å². The smallest absolute Gasteiger partial charge is 0.245 e. The second-order valence-corrected chi connectivity index (χ2v) is 7.37. The Hall–Kier alpha value is -3.17. The topological polar surface area (TPSA) is 102 Å². The SMILES string of the molecule is CCC(Nc1ncnc2c1nc(-c1cnc(C)nc1)n2CC)C(=O)N1CCC(F)C1. The summed E-state index contributed by atoms with van der Waals surface area (Å²) < 4.78 is 15.5. The van der Waals surface area contributed by atoms with Crippen molar-refractivity contribution in [1.82, 2.24) is 34.4 Å². The third-order valence-electron chi connectivity index (χ3n) is 5.35. The zero-order valence-electron chi connectivity index (χ0n) is 17.3. The molecule has 0 bridgehead atoms. The molecule has 1 saturated heterocycles. The van der Waals surface area contributed by atoms with Gasteiger partial charge >= 0.3 is 0 Å². The van der Waals surface area contributed by atoms with E-state index in [1.165, 1.54) is 6.33 Å². The van der Waals surface area contributed by atoms with Gasteiger partial charge in [-0.3, -0.25) is 4.79 Å². The minimum absolute atomic E-state index is 0.119. The van der Waals surface area contributed by atoms with E-state index in [1.54, 1.807) is 17.3 Å². The number of hydrogen-bond acceptors (Lipinski definition) is 7. The van der Waals surface area contributed by atoms with Gasteiger partial charge in [-0.1, -0.05) is 6.92 Å². The highest BCUT2D eigenvalue weighted by atomic mass is 19.1. The van der Waals surface area contributed by atoms with Crippen molar-refractivity contribution in [3.8, 4) is 11.4 Å². The number of likely N-dealkylation sites (tertiary alicyclic amines) is 1. The lowest BCUT2D eigenvalue weighted by molar-refractivity contribution is -0.131. The van der Waals surface area contributed by atoms with Gasteiger partial charge in [0, 0.05) is 25.5 Å². The summed E-state index contributed by atoms with van der Waals surface area (Å²) in [7, 11) is 0. The molecule has 2 unspecified atom stereocenters. The number of aromatic nitrogens is 6. The van der Waals surface area contributed by atoms with E-state index in [-0.39, 0.29) is 12.5 Å². The third kappa shape index (κ3) is 3.69. The quantitative estimate of drug-likeness (QED) is 0.663. The van der Waals surface area contributed by atoms with E-state index in [0.717, 1.165) is 5.56 Å². The van der Waals surface area contributed by atoms with Gasteiger partial charge < -0.3 is 14.8 Å². The Balaban J connectivity index is 1.69. The van der Waals surface area contributed by atoms with Crippen molar-refractivity contribution in [2.24, 2.45) is 0 Å². The highest BCUT2D eigenvalue weighted by molar-refractivity contribution is 5.90. The number of carbonyl (C=O) groups is 1. The van der Waals surface area contributed by atoms with Crippen molar-refractivity contribution in [3.63, 3.8) is 0 Å². The summed E-state index contributed by atoms with van der Waals surface area (Å²) in [4.78, 5) is 36.4. The van der Waals surface area contributed by atoms with Crippen molar-refractivity contribution in [1.29, 1.82) is 0 Å². The van der Waals surface area contributed by atoms with E-state index in [2.05, 4.69) is 25.3 Å². The molecule has 0 aliphatic carbocycles. The number of imidazole rings is 1. The van der Waals surface area contributed by atoms with Crippen LogP contribution in [-0.2, 0) is 11.3 Å². The Labute approximate surface area is 173 Å². The van der Waals surface area contributed by atoms with Gasteiger partial charge in [0.1, 0.15) is 30.2 Å². The normalized spacial score (nSPS) is 17.5. The molecule has 0 spiro atoms. The maximum absolute atomic E-state index is 13.6. The molecular formula is C20H25FN8O. The highest BCUT2D eigenvalue weighted by Gasteiger charge is 2.31. The minimum Gasteiger partial charge on any atom is -0.356 e. The van der Waals surface area contributed by atoms with Crippen LogP contribution in [0.5, 0.6) is 0 Å². The van der Waals surface area contributed by atoms with E-state index < -0.39 is 12.2 Å². The lowest BCUT2D eigenvalue weighted by Crippen LogP contribution is -2.41. The first-order valence-electron chi connectivity index (χ1n) is 10.2. The van der Waals surface area contributed by atoms with Crippen LogP contribution in [0, 0.1) is 6.92 Å². The molecule has 1 aliphatic rings. The summed E-state index contributed by atoms with van der Waals surface area (Å²) >= 11 is 0. The fraction of sp³-hybridized carbons (Fsp3) is 0.500. The van der Waals surface area contributed by atoms with Gasteiger partial charge in [-0.25, -0.2) is 29.3 Å². The summed E-state index contributed by atoms with van der Waals surface area (Å²) in [6, 6.07) is -0.508. The van der Waals surface area contributed by atoms with Crippen LogP contribution in [0.1, 0.15) is 32.5 Å². The lowest BCUT2D eigenvalue weighted by Gasteiger charge is -2.23. The van der Waals surface area contributed by atoms with Crippen molar-refractivity contribution in [2.45, 2.75) is 52.4 Å². The monoisotopic (exact) mass is 412 g/mol. The Kier molecular flexibility index (Phi) is 5.56. The van der Waals surface area contributed by atoms with Crippen LogP contribution < -0.4 is 5.32 Å². The number of rotatable bonds is 6. The number of carbonyl (C=O) groups excluding carboxylic acids is 1. The first-order chi connectivity index (χ1) is 14.5. The summed E-state index contributed by atoms with van der Waals surface area (Å²) in [6.45, 7) is 6.99. The number of amides is 1. The van der Waals surface area contributed by atoms with E-state index >= 15 is 0 Å². The van der Waals surface area contributed by atoms with Gasteiger partial charge in [-0.2, -0.15) is 0 Å². The number of fused-ring (bicyclic) bond motifs is 1.